The second-order valence-corrected chi connectivity index (χ2v) is 3.66. The highest BCUT2D eigenvalue weighted by Crippen LogP contribution is 2.25. The summed E-state index contributed by atoms with van der Waals surface area (Å²) in [5.74, 6) is -0.268. The number of aliphatic hydroxyl groups is 1. The molecule has 4 heteroatoms. The van der Waals surface area contributed by atoms with Crippen molar-refractivity contribution >= 4 is 5.91 Å². The molecule has 0 aromatic heterocycles. The minimum atomic E-state index is -0.942. The van der Waals surface area contributed by atoms with Crippen LogP contribution in [0.3, 0.4) is 0 Å². The van der Waals surface area contributed by atoms with Crippen molar-refractivity contribution in [3.8, 4) is 6.07 Å². The van der Waals surface area contributed by atoms with E-state index in [0.717, 1.165) is 0 Å². The maximum absolute atomic E-state index is 11.8. The Balaban J connectivity index is 4.60. The van der Waals surface area contributed by atoms with E-state index in [9.17, 15) is 4.79 Å². The van der Waals surface area contributed by atoms with Gasteiger partial charge in [0.1, 0.15) is 5.41 Å². The molecule has 0 aliphatic carbocycles. The largest absolute Gasteiger partial charge is 0.394 e. The van der Waals surface area contributed by atoms with E-state index in [2.05, 4.69) is 11.4 Å². The van der Waals surface area contributed by atoms with Crippen LogP contribution >= 0.6 is 0 Å². The number of nitrogens with zero attached hydrogens (tertiary/aromatic N) is 1. The first-order valence-corrected chi connectivity index (χ1v) is 5.43. The molecule has 0 rings (SSSR count). The number of nitrogens with one attached hydrogen (secondary N) is 1. The molecule has 0 saturated carbocycles. The molecule has 86 valence electrons. The van der Waals surface area contributed by atoms with Crippen LogP contribution in [0.25, 0.3) is 0 Å². The molecule has 2 N–H and O–H groups in total. The molecule has 1 unspecified atom stereocenters. The van der Waals surface area contributed by atoms with Gasteiger partial charge in [0.2, 0.25) is 5.91 Å². The van der Waals surface area contributed by atoms with Crippen LogP contribution in [0.15, 0.2) is 0 Å². The van der Waals surface area contributed by atoms with Gasteiger partial charge in [-0.3, -0.25) is 4.79 Å². The van der Waals surface area contributed by atoms with Gasteiger partial charge in [0.15, 0.2) is 0 Å². The van der Waals surface area contributed by atoms with Crippen LogP contribution in [0.1, 0.15) is 40.0 Å². The first-order valence-electron chi connectivity index (χ1n) is 5.43. The van der Waals surface area contributed by atoms with E-state index < -0.39 is 5.41 Å². The first-order chi connectivity index (χ1) is 7.10. The van der Waals surface area contributed by atoms with E-state index in [0.29, 0.717) is 19.3 Å². The van der Waals surface area contributed by atoms with E-state index in [1.165, 1.54) is 0 Å². The van der Waals surface area contributed by atoms with Gasteiger partial charge in [-0.25, -0.2) is 0 Å². The van der Waals surface area contributed by atoms with Crippen molar-refractivity contribution in [2.75, 3.05) is 6.61 Å². The molecular formula is C11H20N2O2. The number of hydrogen-bond donors (Lipinski definition) is 2. The normalized spacial score (nSPS) is 13.0. The molecule has 0 aliphatic heterocycles. The fourth-order valence-electron chi connectivity index (χ4n) is 1.38. The highest BCUT2D eigenvalue weighted by Gasteiger charge is 2.35. The van der Waals surface area contributed by atoms with Crippen molar-refractivity contribution in [3.63, 3.8) is 0 Å². The first kappa shape index (κ1) is 13.9. The Labute approximate surface area is 91.3 Å². The third kappa shape index (κ3) is 3.21. The quantitative estimate of drug-likeness (QED) is 0.695. The number of aliphatic hydroxyl groups excluding tert-OH is 1. The Hall–Kier alpha value is -1.08. The standard InChI is InChI=1S/C11H20N2O2/c1-4-9(7-14)13-10(15)11(5-2,6-3)8-12/h9,14H,4-7H2,1-3H3,(H,13,15). The van der Waals surface area contributed by atoms with Crippen LogP contribution in [-0.2, 0) is 4.79 Å². The van der Waals surface area contributed by atoms with E-state index in [1.54, 1.807) is 0 Å². The molecular weight excluding hydrogens is 192 g/mol. The predicted molar refractivity (Wildman–Crippen MR) is 57.9 cm³/mol. The molecule has 0 spiro atoms. The summed E-state index contributed by atoms with van der Waals surface area (Å²) >= 11 is 0. The van der Waals surface area contributed by atoms with Gasteiger partial charge in [0, 0.05) is 0 Å². The Morgan fingerprint density at radius 3 is 2.27 bits per heavy atom. The van der Waals surface area contributed by atoms with Gasteiger partial charge in [-0.1, -0.05) is 20.8 Å². The molecule has 0 heterocycles. The SMILES string of the molecule is CCC(CO)NC(=O)C(C#N)(CC)CC. The lowest BCUT2D eigenvalue weighted by Crippen LogP contribution is -2.45. The number of amides is 1. The summed E-state index contributed by atoms with van der Waals surface area (Å²) in [6, 6.07) is 1.83. The van der Waals surface area contributed by atoms with Crippen molar-refractivity contribution in [2.24, 2.45) is 5.41 Å². The van der Waals surface area contributed by atoms with Gasteiger partial charge >= 0.3 is 0 Å². The van der Waals surface area contributed by atoms with Crippen molar-refractivity contribution in [3.05, 3.63) is 0 Å². The summed E-state index contributed by atoms with van der Waals surface area (Å²) in [6.45, 7) is 5.45. The molecule has 1 amide bonds. The summed E-state index contributed by atoms with van der Waals surface area (Å²) in [7, 11) is 0. The lowest BCUT2D eigenvalue weighted by molar-refractivity contribution is -0.129. The van der Waals surface area contributed by atoms with Crippen molar-refractivity contribution in [1.82, 2.24) is 5.32 Å². The zero-order valence-electron chi connectivity index (χ0n) is 9.71. The number of rotatable bonds is 6. The maximum Gasteiger partial charge on any atom is 0.240 e. The van der Waals surface area contributed by atoms with Crippen LogP contribution in [0, 0.1) is 16.7 Å². The predicted octanol–water partition coefficient (Wildman–Crippen LogP) is 1.20. The minimum Gasteiger partial charge on any atom is -0.394 e. The molecule has 0 aromatic rings. The van der Waals surface area contributed by atoms with Gasteiger partial charge < -0.3 is 10.4 Å². The average molecular weight is 212 g/mol. The summed E-state index contributed by atoms with van der Waals surface area (Å²) in [5, 5.41) is 20.7. The molecule has 0 bridgehead atoms. The lowest BCUT2D eigenvalue weighted by atomic mass is 9.83. The van der Waals surface area contributed by atoms with Gasteiger partial charge in [0.25, 0.3) is 0 Å². The van der Waals surface area contributed by atoms with E-state index >= 15 is 0 Å². The molecule has 0 radical (unpaired) electrons. The molecule has 4 nitrogen and oxygen atoms in total. The van der Waals surface area contributed by atoms with Crippen LogP contribution < -0.4 is 5.32 Å². The van der Waals surface area contributed by atoms with Crippen LogP contribution in [0.2, 0.25) is 0 Å². The number of hydrogen-bond acceptors (Lipinski definition) is 3. The van der Waals surface area contributed by atoms with Crippen LogP contribution in [0.5, 0.6) is 0 Å². The summed E-state index contributed by atoms with van der Waals surface area (Å²) in [6.07, 6.45) is 1.65. The van der Waals surface area contributed by atoms with Crippen LogP contribution in [0.4, 0.5) is 0 Å². The van der Waals surface area contributed by atoms with E-state index in [-0.39, 0.29) is 18.6 Å². The fourth-order valence-corrected chi connectivity index (χ4v) is 1.38. The molecule has 1 atom stereocenters. The number of carbonyl (C=O) groups is 1. The minimum absolute atomic E-state index is 0.0861. The zero-order valence-corrected chi connectivity index (χ0v) is 9.71. The third-order valence-corrected chi connectivity index (χ3v) is 2.90. The van der Waals surface area contributed by atoms with Gasteiger partial charge in [-0.05, 0) is 19.3 Å². The molecule has 0 fully saturated rings. The van der Waals surface area contributed by atoms with Gasteiger partial charge in [-0.15, -0.1) is 0 Å². The highest BCUT2D eigenvalue weighted by molar-refractivity contribution is 5.85. The summed E-state index contributed by atoms with van der Waals surface area (Å²) in [5.41, 5.74) is -0.942. The number of carbonyl (C=O) groups excluding carboxylic acids is 1. The fraction of sp³-hybridized carbons (Fsp3) is 0.818. The van der Waals surface area contributed by atoms with Crippen molar-refractivity contribution < 1.29 is 9.90 Å². The summed E-state index contributed by atoms with van der Waals surface area (Å²) < 4.78 is 0. The van der Waals surface area contributed by atoms with Crippen molar-refractivity contribution in [1.29, 1.82) is 5.26 Å². The second-order valence-electron chi connectivity index (χ2n) is 3.66. The maximum atomic E-state index is 11.8. The smallest absolute Gasteiger partial charge is 0.240 e. The Bertz CT molecular complexity index is 237. The average Bonchev–Trinajstić information content (AvgIpc) is 2.29. The summed E-state index contributed by atoms with van der Waals surface area (Å²) in [4.78, 5) is 11.8. The van der Waals surface area contributed by atoms with E-state index in [1.807, 2.05) is 20.8 Å². The lowest BCUT2D eigenvalue weighted by Gasteiger charge is -2.25. The van der Waals surface area contributed by atoms with Crippen LogP contribution in [-0.4, -0.2) is 23.7 Å². The molecule has 0 aromatic carbocycles. The molecule has 15 heavy (non-hydrogen) atoms. The zero-order chi connectivity index (χ0) is 11.9. The van der Waals surface area contributed by atoms with E-state index in [4.69, 9.17) is 10.4 Å². The second kappa shape index (κ2) is 6.41. The molecule has 0 saturated heterocycles. The third-order valence-electron chi connectivity index (χ3n) is 2.90. The topological polar surface area (TPSA) is 73.1 Å². The van der Waals surface area contributed by atoms with Crippen molar-refractivity contribution in [2.45, 2.75) is 46.1 Å². The highest BCUT2D eigenvalue weighted by atomic mass is 16.3. The number of nitriles is 1. The molecule has 0 aliphatic rings. The van der Waals surface area contributed by atoms with Gasteiger partial charge in [0.05, 0.1) is 18.7 Å². The monoisotopic (exact) mass is 212 g/mol. The Morgan fingerprint density at radius 1 is 1.47 bits per heavy atom. The van der Waals surface area contributed by atoms with Gasteiger partial charge in [-0.2, -0.15) is 5.26 Å². The Morgan fingerprint density at radius 2 is 2.00 bits per heavy atom. The Kier molecular flexibility index (Phi) is 5.95.